The first-order valence-corrected chi connectivity index (χ1v) is 6.24. The molecule has 0 fully saturated rings. The Bertz CT molecular complexity index is 454. The summed E-state index contributed by atoms with van der Waals surface area (Å²) >= 11 is 0. The Morgan fingerprint density at radius 3 is 2.00 bits per heavy atom. The Balaban J connectivity index is 2.81. The molecule has 0 saturated carbocycles. The summed E-state index contributed by atoms with van der Waals surface area (Å²) in [5, 5.41) is 17.7. The highest BCUT2D eigenvalue weighted by Crippen LogP contribution is 2.23. The van der Waals surface area contributed by atoms with E-state index in [9.17, 15) is 9.59 Å². The fraction of sp³-hybridized carbons (Fsp3) is 0.467. The van der Waals surface area contributed by atoms with Gasteiger partial charge in [0.05, 0.1) is 12.3 Å². The molecule has 0 spiro atoms. The summed E-state index contributed by atoms with van der Waals surface area (Å²) < 4.78 is 0. The van der Waals surface area contributed by atoms with Crippen LogP contribution in [0.3, 0.4) is 0 Å². The Kier molecular flexibility index (Phi) is 4.70. The summed E-state index contributed by atoms with van der Waals surface area (Å²) in [6.45, 7) is 6.31. The largest absolute Gasteiger partial charge is 0.481 e. The maximum Gasteiger partial charge on any atom is 0.307 e. The summed E-state index contributed by atoms with van der Waals surface area (Å²) in [5.74, 6) is -3.03. The third kappa shape index (κ3) is 4.73. The van der Waals surface area contributed by atoms with Crippen molar-refractivity contribution in [1.29, 1.82) is 0 Å². The lowest BCUT2D eigenvalue weighted by Crippen LogP contribution is -2.20. The summed E-state index contributed by atoms with van der Waals surface area (Å²) in [7, 11) is 0. The van der Waals surface area contributed by atoms with E-state index in [-0.39, 0.29) is 18.3 Å². The van der Waals surface area contributed by atoms with Crippen molar-refractivity contribution in [1.82, 2.24) is 0 Å². The van der Waals surface area contributed by atoms with E-state index in [1.807, 2.05) is 24.3 Å². The predicted octanol–water partition coefficient (Wildman–Crippen LogP) is 2.70. The number of carboxylic acid groups (broad SMARTS) is 2. The van der Waals surface area contributed by atoms with Gasteiger partial charge in [-0.3, -0.25) is 9.59 Å². The third-order valence-corrected chi connectivity index (χ3v) is 3.07. The van der Waals surface area contributed by atoms with E-state index in [2.05, 4.69) is 20.8 Å². The molecule has 0 heterocycles. The quantitative estimate of drug-likeness (QED) is 0.857. The van der Waals surface area contributed by atoms with Gasteiger partial charge in [-0.1, -0.05) is 45.0 Å². The van der Waals surface area contributed by atoms with Crippen LogP contribution in [0.5, 0.6) is 0 Å². The molecule has 19 heavy (non-hydrogen) atoms. The molecule has 0 aliphatic heterocycles. The average Bonchev–Trinajstić information content (AvgIpc) is 2.27. The molecule has 1 rings (SSSR count). The van der Waals surface area contributed by atoms with Gasteiger partial charge in [0, 0.05) is 0 Å². The molecule has 1 unspecified atom stereocenters. The lowest BCUT2D eigenvalue weighted by Gasteiger charge is -2.19. The molecule has 0 radical (unpaired) electrons. The van der Waals surface area contributed by atoms with Gasteiger partial charge in [-0.2, -0.15) is 0 Å². The van der Waals surface area contributed by atoms with Crippen molar-refractivity contribution in [3.05, 3.63) is 35.4 Å². The number of carbonyl (C=O) groups is 2. The Labute approximate surface area is 113 Å². The van der Waals surface area contributed by atoms with Gasteiger partial charge < -0.3 is 10.2 Å². The van der Waals surface area contributed by atoms with E-state index >= 15 is 0 Å². The standard InChI is InChI=1S/C15H20O4/c1-15(2,3)12-6-4-10(5-7-12)8-11(14(18)19)9-13(16)17/h4-7,11H,8-9H2,1-3H3,(H,16,17)(H,18,19). The predicted molar refractivity (Wildman–Crippen MR) is 72.2 cm³/mol. The smallest absolute Gasteiger partial charge is 0.307 e. The summed E-state index contributed by atoms with van der Waals surface area (Å²) in [5.41, 5.74) is 2.06. The number of rotatable bonds is 5. The Hall–Kier alpha value is -1.84. The maximum atomic E-state index is 11.0. The lowest BCUT2D eigenvalue weighted by molar-refractivity contribution is -0.148. The first kappa shape index (κ1) is 15.2. The molecular weight excluding hydrogens is 244 g/mol. The molecule has 0 amide bonds. The van der Waals surface area contributed by atoms with Crippen LogP contribution in [0.2, 0.25) is 0 Å². The van der Waals surface area contributed by atoms with E-state index in [0.29, 0.717) is 0 Å². The van der Waals surface area contributed by atoms with Crippen molar-refractivity contribution in [2.45, 2.75) is 39.0 Å². The van der Waals surface area contributed by atoms with Gasteiger partial charge in [0.25, 0.3) is 0 Å². The maximum absolute atomic E-state index is 11.0. The zero-order valence-corrected chi connectivity index (χ0v) is 11.5. The van der Waals surface area contributed by atoms with Gasteiger partial charge in [0.15, 0.2) is 0 Å². The van der Waals surface area contributed by atoms with Crippen LogP contribution in [-0.2, 0) is 21.4 Å². The van der Waals surface area contributed by atoms with Crippen LogP contribution in [0.1, 0.15) is 38.3 Å². The zero-order valence-electron chi connectivity index (χ0n) is 11.5. The summed E-state index contributed by atoms with van der Waals surface area (Å²) in [6.07, 6.45) is -0.109. The number of carboxylic acids is 2. The van der Waals surface area contributed by atoms with Crippen LogP contribution in [0.4, 0.5) is 0 Å². The molecule has 0 aliphatic rings. The molecule has 0 saturated heterocycles. The molecule has 4 heteroatoms. The summed E-state index contributed by atoms with van der Waals surface area (Å²) in [6, 6.07) is 7.68. The van der Waals surface area contributed by atoms with E-state index in [0.717, 1.165) is 5.56 Å². The molecule has 1 atom stereocenters. The summed E-state index contributed by atoms with van der Waals surface area (Å²) in [4.78, 5) is 21.6. The topological polar surface area (TPSA) is 74.6 Å². The minimum atomic E-state index is -1.08. The van der Waals surface area contributed by atoms with Crippen molar-refractivity contribution < 1.29 is 19.8 Å². The van der Waals surface area contributed by atoms with Gasteiger partial charge in [-0.15, -0.1) is 0 Å². The molecule has 104 valence electrons. The molecule has 1 aromatic carbocycles. The fourth-order valence-electron chi connectivity index (χ4n) is 1.88. The lowest BCUT2D eigenvalue weighted by atomic mass is 9.86. The van der Waals surface area contributed by atoms with Crippen molar-refractivity contribution >= 4 is 11.9 Å². The monoisotopic (exact) mass is 264 g/mol. The molecule has 4 nitrogen and oxygen atoms in total. The second-order valence-corrected chi connectivity index (χ2v) is 5.78. The number of hydrogen-bond donors (Lipinski definition) is 2. The van der Waals surface area contributed by atoms with E-state index in [1.54, 1.807) is 0 Å². The average molecular weight is 264 g/mol. The minimum Gasteiger partial charge on any atom is -0.481 e. The van der Waals surface area contributed by atoms with Gasteiger partial charge in [0.1, 0.15) is 0 Å². The van der Waals surface area contributed by atoms with Gasteiger partial charge in [-0.05, 0) is 23.0 Å². The van der Waals surface area contributed by atoms with Crippen LogP contribution in [-0.4, -0.2) is 22.2 Å². The molecule has 0 bridgehead atoms. The van der Waals surface area contributed by atoms with E-state index in [4.69, 9.17) is 10.2 Å². The first-order chi connectivity index (χ1) is 8.70. The molecular formula is C15H20O4. The SMILES string of the molecule is CC(C)(C)c1ccc(CC(CC(=O)O)C(=O)O)cc1. The number of aliphatic carboxylic acids is 2. The van der Waals surface area contributed by atoms with Crippen LogP contribution >= 0.6 is 0 Å². The van der Waals surface area contributed by atoms with Gasteiger partial charge in [0.2, 0.25) is 0 Å². The van der Waals surface area contributed by atoms with E-state index < -0.39 is 17.9 Å². The van der Waals surface area contributed by atoms with E-state index in [1.165, 1.54) is 5.56 Å². The van der Waals surface area contributed by atoms with Crippen LogP contribution < -0.4 is 0 Å². The highest BCUT2D eigenvalue weighted by atomic mass is 16.4. The van der Waals surface area contributed by atoms with Crippen LogP contribution in [0.15, 0.2) is 24.3 Å². The molecule has 0 aromatic heterocycles. The van der Waals surface area contributed by atoms with Crippen molar-refractivity contribution in [3.63, 3.8) is 0 Å². The molecule has 0 aliphatic carbocycles. The van der Waals surface area contributed by atoms with Gasteiger partial charge in [-0.25, -0.2) is 0 Å². The highest BCUT2D eigenvalue weighted by molar-refractivity contribution is 5.78. The van der Waals surface area contributed by atoms with Crippen molar-refractivity contribution in [2.24, 2.45) is 5.92 Å². The second-order valence-electron chi connectivity index (χ2n) is 5.78. The van der Waals surface area contributed by atoms with Gasteiger partial charge >= 0.3 is 11.9 Å². The third-order valence-electron chi connectivity index (χ3n) is 3.07. The van der Waals surface area contributed by atoms with Crippen molar-refractivity contribution in [3.8, 4) is 0 Å². The number of benzene rings is 1. The highest BCUT2D eigenvalue weighted by Gasteiger charge is 2.21. The Morgan fingerprint density at radius 1 is 1.11 bits per heavy atom. The number of hydrogen-bond acceptors (Lipinski definition) is 2. The molecule has 1 aromatic rings. The fourth-order valence-corrected chi connectivity index (χ4v) is 1.88. The Morgan fingerprint density at radius 2 is 1.63 bits per heavy atom. The minimum absolute atomic E-state index is 0.0474. The molecule has 2 N–H and O–H groups in total. The van der Waals surface area contributed by atoms with Crippen LogP contribution in [0, 0.1) is 5.92 Å². The zero-order chi connectivity index (χ0) is 14.6. The first-order valence-electron chi connectivity index (χ1n) is 6.24. The normalized spacial score (nSPS) is 13.0. The van der Waals surface area contributed by atoms with Crippen LogP contribution in [0.25, 0.3) is 0 Å². The van der Waals surface area contributed by atoms with Crippen molar-refractivity contribution in [2.75, 3.05) is 0 Å². The second kappa shape index (κ2) is 5.87.